The van der Waals surface area contributed by atoms with Gasteiger partial charge < -0.3 is 4.90 Å². The average Bonchev–Trinajstić information content (AvgIpc) is 2.23. The van der Waals surface area contributed by atoms with Crippen molar-refractivity contribution >= 4 is 24.4 Å². The van der Waals surface area contributed by atoms with Gasteiger partial charge in [0.2, 0.25) is 0 Å². The minimum atomic E-state index is 0.753. The lowest BCUT2D eigenvalue weighted by Crippen LogP contribution is -2.34. The van der Waals surface area contributed by atoms with Crippen molar-refractivity contribution in [1.29, 1.82) is 0 Å². The van der Waals surface area contributed by atoms with Crippen molar-refractivity contribution in [2.75, 3.05) is 31.4 Å². The van der Waals surface area contributed by atoms with Crippen LogP contribution in [0.4, 0.5) is 0 Å². The van der Waals surface area contributed by atoms with Gasteiger partial charge in [-0.15, -0.1) is 0 Å². The quantitative estimate of drug-likeness (QED) is 0.624. The Kier molecular flexibility index (Phi) is 10.3. The molecule has 0 amide bonds. The molecule has 0 saturated carbocycles. The molecule has 0 aromatic heterocycles. The van der Waals surface area contributed by atoms with Crippen molar-refractivity contribution < 1.29 is 0 Å². The second-order valence-corrected chi connectivity index (χ2v) is 5.76. The molecule has 0 aromatic rings. The summed E-state index contributed by atoms with van der Waals surface area (Å²) in [7, 11) is 2.26. The monoisotopic (exact) mass is 249 g/mol. The van der Waals surface area contributed by atoms with Crippen LogP contribution in [-0.2, 0) is 0 Å². The Bertz CT molecular complexity index is 142. The molecule has 0 rings (SSSR count). The van der Waals surface area contributed by atoms with Crippen LogP contribution in [0.2, 0.25) is 0 Å². The number of thiol groups is 1. The van der Waals surface area contributed by atoms with Crippen LogP contribution < -0.4 is 0 Å². The largest absolute Gasteiger partial charge is 0.303 e. The van der Waals surface area contributed by atoms with E-state index in [0.717, 1.165) is 17.7 Å². The molecule has 0 heterocycles. The van der Waals surface area contributed by atoms with Crippen LogP contribution in [0, 0.1) is 5.92 Å². The predicted octanol–water partition coefficient (Wildman–Crippen LogP) is 3.41. The zero-order valence-electron chi connectivity index (χ0n) is 10.7. The Morgan fingerprint density at radius 2 is 2.00 bits per heavy atom. The van der Waals surface area contributed by atoms with E-state index in [0.29, 0.717) is 0 Å². The molecule has 0 bridgehead atoms. The molecule has 3 heteroatoms. The van der Waals surface area contributed by atoms with Crippen LogP contribution in [0.5, 0.6) is 0 Å². The molecule has 2 atom stereocenters. The number of hydrogen-bond acceptors (Lipinski definition) is 3. The van der Waals surface area contributed by atoms with Gasteiger partial charge in [0, 0.05) is 11.8 Å². The molecular weight excluding hydrogens is 222 g/mol. The lowest BCUT2D eigenvalue weighted by molar-refractivity contribution is 0.238. The van der Waals surface area contributed by atoms with Crippen molar-refractivity contribution in [2.24, 2.45) is 5.92 Å². The lowest BCUT2D eigenvalue weighted by Gasteiger charge is -2.27. The van der Waals surface area contributed by atoms with E-state index >= 15 is 0 Å². The number of hydrogen-bond donors (Lipinski definition) is 1. The molecule has 0 aliphatic heterocycles. The summed E-state index contributed by atoms with van der Waals surface area (Å²) in [6.45, 7) is 5.85. The first-order chi connectivity index (χ1) is 7.15. The summed E-state index contributed by atoms with van der Waals surface area (Å²) in [6, 6.07) is 0.753. The summed E-state index contributed by atoms with van der Waals surface area (Å²) in [6.07, 6.45) is 6.01. The van der Waals surface area contributed by atoms with E-state index in [1.54, 1.807) is 0 Å². The fraction of sp³-hybridized carbons (Fsp3) is 1.00. The maximum absolute atomic E-state index is 4.28. The van der Waals surface area contributed by atoms with E-state index in [1.807, 2.05) is 11.8 Å². The smallest absolute Gasteiger partial charge is 0.0180 e. The highest BCUT2D eigenvalue weighted by Gasteiger charge is 2.12. The van der Waals surface area contributed by atoms with Crippen molar-refractivity contribution in [3.8, 4) is 0 Å². The van der Waals surface area contributed by atoms with Gasteiger partial charge in [-0.25, -0.2) is 0 Å². The molecule has 92 valence electrons. The van der Waals surface area contributed by atoms with Crippen LogP contribution in [0.25, 0.3) is 0 Å². The van der Waals surface area contributed by atoms with E-state index in [9.17, 15) is 0 Å². The van der Waals surface area contributed by atoms with Crippen LogP contribution in [-0.4, -0.2) is 42.3 Å². The Morgan fingerprint density at radius 1 is 1.33 bits per heavy atom. The predicted molar refractivity (Wildman–Crippen MR) is 77.3 cm³/mol. The normalized spacial score (nSPS) is 15.6. The number of thioether (sulfide) groups is 1. The molecule has 0 saturated heterocycles. The SMILES string of the molecule is CCC(CSC)N(C)CCC(C)CCS. The topological polar surface area (TPSA) is 3.24 Å². The van der Waals surface area contributed by atoms with Gasteiger partial charge in [-0.2, -0.15) is 24.4 Å². The first-order valence-corrected chi connectivity index (χ1v) is 7.98. The standard InChI is InChI=1S/C12H27NS2/c1-5-12(10-15-4)13(3)8-6-11(2)7-9-14/h11-12,14H,5-10H2,1-4H3. The third-order valence-corrected chi connectivity index (χ3v) is 4.03. The maximum Gasteiger partial charge on any atom is 0.0180 e. The summed E-state index contributed by atoms with van der Waals surface area (Å²) < 4.78 is 0. The molecule has 0 aliphatic carbocycles. The summed E-state index contributed by atoms with van der Waals surface area (Å²) in [5.41, 5.74) is 0. The Morgan fingerprint density at radius 3 is 2.47 bits per heavy atom. The van der Waals surface area contributed by atoms with Crippen molar-refractivity contribution in [1.82, 2.24) is 4.90 Å². The zero-order valence-corrected chi connectivity index (χ0v) is 12.4. The molecule has 15 heavy (non-hydrogen) atoms. The van der Waals surface area contributed by atoms with Crippen LogP contribution in [0.3, 0.4) is 0 Å². The summed E-state index contributed by atoms with van der Waals surface area (Å²) >= 11 is 6.23. The molecule has 2 unspecified atom stereocenters. The molecule has 1 nitrogen and oxygen atoms in total. The first kappa shape index (κ1) is 15.7. The molecule has 0 N–H and O–H groups in total. The summed E-state index contributed by atoms with van der Waals surface area (Å²) in [5.74, 6) is 3.10. The van der Waals surface area contributed by atoms with Gasteiger partial charge in [-0.05, 0) is 50.8 Å². The van der Waals surface area contributed by atoms with Gasteiger partial charge in [-0.1, -0.05) is 13.8 Å². The molecule has 0 spiro atoms. The molecule has 0 aliphatic rings. The van der Waals surface area contributed by atoms with Crippen molar-refractivity contribution in [2.45, 2.75) is 39.2 Å². The van der Waals surface area contributed by atoms with E-state index in [1.165, 1.54) is 31.6 Å². The minimum absolute atomic E-state index is 0.753. The molecule has 0 fully saturated rings. The van der Waals surface area contributed by atoms with E-state index < -0.39 is 0 Å². The van der Waals surface area contributed by atoms with Gasteiger partial charge in [0.05, 0.1) is 0 Å². The Hall–Kier alpha value is 0.660. The second-order valence-electron chi connectivity index (χ2n) is 4.40. The van der Waals surface area contributed by atoms with E-state index in [-0.39, 0.29) is 0 Å². The van der Waals surface area contributed by atoms with Gasteiger partial charge in [0.15, 0.2) is 0 Å². The van der Waals surface area contributed by atoms with Crippen LogP contribution in [0.1, 0.15) is 33.1 Å². The average molecular weight is 249 g/mol. The van der Waals surface area contributed by atoms with Gasteiger partial charge in [0.1, 0.15) is 0 Å². The highest BCUT2D eigenvalue weighted by Crippen LogP contribution is 2.13. The Balaban J connectivity index is 3.73. The summed E-state index contributed by atoms with van der Waals surface area (Å²) in [4.78, 5) is 2.52. The van der Waals surface area contributed by atoms with E-state index in [2.05, 4.69) is 44.7 Å². The van der Waals surface area contributed by atoms with Crippen molar-refractivity contribution in [3.63, 3.8) is 0 Å². The lowest BCUT2D eigenvalue weighted by atomic mass is 10.0. The number of nitrogens with zero attached hydrogens (tertiary/aromatic N) is 1. The van der Waals surface area contributed by atoms with E-state index in [4.69, 9.17) is 0 Å². The highest BCUT2D eigenvalue weighted by molar-refractivity contribution is 7.98. The zero-order chi connectivity index (χ0) is 11.7. The van der Waals surface area contributed by atoms with Gasteiger partial charge >= 0.3 is 0 Å². The summed E-state index contributed by atoms with van der Waals surface area (Å²) in [5, 5.41) is 0. The first-order valence-electron chi connectivity index (χ1n) is 5.95. The molecule has 0 aromatic carbocycles. The third-order valence-electron chi connectivity index (χ3n) is 3.05. The maximum atomic E-state index is 4.28. The van der Waals surface area contributed by atoms with Crippen LogP contribution in [0.15, 0.2) is 0 Å². The third kappa shape index (κ3) is 7.53. The molecular formula is C12H27NS2. The number of rotatable bonds is 9. The van der Waals surface area contributed by atoms with Crippen molar-refractivity contribution in [3.05, 3.63) is 0 Å². The minimum Gasteiger partial charge on any atom is -0.303 e. The van der Waals surface area contributed by atoms with Gasteiger partial charge in [-0.3, -0.25) is 0 Å². The highest BCUT2D eigenvalue weighted by atomic mass is 32.2. The Labute approximate surface area is 106 Å². The van der Waals surface area contributed by atoms with Gasteiger partial charge in [0.25, 0.3) is 0 Å². The fourth-order valence-electron chi connectivity index (χ4n) is 1.72. The molecule has 0 radical (unpaired) electrons. The van der Waals surface area contributed by atoms with Crippen LogP contribution >= 0.6 is 24.4 Å². The fourth-order valence-corrected chi connectivity index (χ4v) is 3.04. The second kappa shape index (κ2) is 9.86.